The van der Waals surface area contributed by atoms with Gasteiger partial charge in [0, 0.05) is 34.8 Å². The molecule has 0 saturated carbocycles. The Morgan fingerprint density at radius 1 is 1.37 bits per heavy atom. The molecule has 2 unspecified atom stereocenters. The van der Waals surface area contributed by atoms with Gasteiger partial charge in [-0.05, 0) is 36.5 Å². The number of nitrogens with one attached hydrogen (secondary N) is 1. The largest absolute Gasteiger partial charge is 0.312 e. The maximum Gasteiger partial charge on any atom is 0.0498 e. The summed E-state index contributed by atoms with van der Waals surface area (Å²) in [6.45, 7) is 1.19. The minimum atomic E-state index is 0.417. The van der Waals surface area contributed by atoms with Crippen LogP contribution in [0.2, 0.25) is 0 Å². The second-order valence-electron chi connectivity index (χ2n) is 5.08. The molecule has 0 aliphatic carbocycles. The van der Waals surface area contributed by atoms with Gasteiger partial charge in [0.15, 0.2) is 0 Å². The number of benzene rings is 1. The number of nitrogens with zero attached hydrogens (tertiary/aromatic N) is 1. The van der Waals surface area contributed by atoms with Gasteiger partial charge < -0.3 is 5.32 Å². The van der Waals surface area contributed by atoms with E-state index in [0.717, 1.165) is 0 Å². The van der Waals surface area contributed by atoms with Crippen molar-refractivity contribution in [2.45, 2.75) is 12.1 Å². The zero-order valence-electron chi connectivity index (χ0n) is 11.4. The number of fused-ring (bicyclic) bond motifs is 1. The first kappa shape index (κ1) is 13.4. The van der Waals surface area contributed by atoms with Crippen LogP contribution in [-0.4, -0.2) is 43.1 Å². The average molecular weight is 292 g/mol. The van der Waals surface area contributed by atoms with Crippen LogP contribution < -0.4 is 5.32 Å². The minimum Gasteiger partial charge on any atom is -0.312 e. The Hall–Kier alpha value is -0.550. The number of rotatable bonds is 3. The smallest absolute Gasteiger partial charge is 0.0498 e. The van der Waals surface area contributed by atoms with E-state index in [4.69, 9.17) is 0 Å². The lowest BCUT2D eigenvalue weighted by molar-refractivity contribution is 0.222. The van der Waals surface area contributed by atoms with Crippen LogP contribution in [0.4, 0.5) is 0 Å². The van der Waals surface area contributed by atoms with E-state index in [1.54, 1.807) is 0 Å². The van der Waals surface area contributed by atoms with Crippen molar-refractivity contribution in [3.8, 4) is 0 Å². The third kappa shape index (κ3) is 2.55. The third-order valence-corrected chi connectivity index (χ3v) is 6.01. The van der Waals surface area contributed by atoms with Gasteiger partial charge >= 0.3 is 0 Å². The number of thiophene rings is 1. The topological polar surface area (TPSA) is 15.3 Å². The van der Waals surface area contributed by atoms with Gasteiger partial charge in [-0.15, -0.1) is 11.3 Å². The summed E-state index contributed by atoms with van der Waals surface area (Å²) in [6.07, 6.45) is 0. The average Bonchev–Trinajstić information content (AvgIpc) is 2.91. The highest BCUT2D eigenvalue weighted by molar-refractivity contribution is 7.99. The van der Waals surface area contributed by atoms with Crippen LogP contribution in [-0.2, 0) is 0 Å². The number of thioether (sulfide) groups is 1. The second-order valence-corrected chi connectivity index (χ2v) is 7.14. The molecule has 2 nitrogen and oxygen atoms in total. The normalized spacial score (nSPS) is 22.7. The molecular formula is C15H20N2S2. The molecule has 1 aromatic carbocycles. The fraction of sp³-hybridized carbons (Fsp3) is 0.467. The van der Waals surface area contributed by atoms with Crippen molar-refractivity contribution in [3.05, 3.63) is 35.2 Å². The highest BCUT2D eigenvalue weighted by Gasteiger charge is 2.29. The van der Waals surface area contributed by atoms with Gasteiger partial charge in [-0.3, -0.25) is 4.90 Å². The van der Waals surface area contributed by atoms with E-state index in [1.807, 2.05) is 11.3 Å². The van der Waals surface area contributed by atoms with Crippen LogP contribution in [0.15, 0.2) is 29.6 Å². The molecule has 1 fully saturated rings. The van der Waals surface area contributed by atoms with E-state index in [0.29, 0.717) is 12.1 Å². The summed E-state index contributed by atoms with van der Waals surface area (Å²) < 4.78 is 1.44. The molecular weight excluding hydrogens is 272 g/mol. The fourth-order valence-electron chi connectivity index (χ4n) is 2.87. The van der Waals surface area contributed by atoms with Crippen molar-refractivity contribution in [2.75, 3.05) is 32.1 Å². The van der Waals surface area contributed by atoms with Gasteiger partial charge in [0.2, 0.25) is 0 Å². The van der Waals surface area contributed by atoms with E-state index in [2.05, 4.69) is 65.7 Å². The molecule has 1 N–H and O–H groups in total. The molecule has 1 saturated heterocycles. The van der Waals surface area contributed by atoms with Gasteiger partial charge in [-0.25, -0.2) is 0 Å². The van der Waals surface area contributed by atoms with E-state index in [1.165, 1.54) is 33.7 Å². The number of likely N-dealkylation sites (N-methyl/N-ethyl adjacent to an activating group) is 2. The van der Waals surface area contributed by atoms with Crippen molar-refractivity contribution >= 4 is 33.2 Å². The summed E-state index contributed by atoms with van der Waals surface area (Å²) >= 11 is 3.93. The van der Waals surface area contributed by atoms with Gasteiger partial charge in [-0.2, -0.15) is 11.8 Å². The molecule has 2 aromatic rings. The Morgan fingerprint density at radius 2 is 2.26 bits per heavy atom. The molecule has 4 heteroatoms. The van der Waals surface area contributed by atoms with Crippen molar-refractivity contribution < 1.29 is 0 Å². The first-order valence-electron chi connectivity index (χ1n) is 6.72. The summed E-state index contributed by atoms with van der Waals surface area (Å²) in [5.74, 6) is 2.47. The lowest BCUT2D eigenvalue weighted by Crippen LogP contribution is -2.47. The molecule has 0 bridgehead atoms. The molecule has 19 heavy (non-hydrogen) atoms. The summed E-state index contributed by atoms with van der Waals surface area (Å²) in [5, 5.41) is 7.12. The zero-order valence-corrected chi connectivity index (χ0v) is 13.1. The van der Waals surface area contributed by atoms with Gasteiger partial charge in [0.05, 0.1) is 0 Å². The maximum atomic E-state index is 3.55. The molecule has 2 heterocycles. The van der Waals surface area contributed by atoms with Crippen molar-refractivity contribution in [1.82, 2.24) is 10.2 Å². The van der Waals surface area contributed by atoms with Crippen LogP contribution >= 0.6 is 23.1 Å². The molecule has 0 spiro atoms. The summed E-state index contributed by atoms with van der Waals surface area (Å²) in [5.41, 5.74) is 1.45. The molecule has 102 valence electrons. The van der Waals surface area contributed by atoms with Crippen LogP contribution in [0.1, 0.15) is 11.6 Å². The molecule has 2 atom stereocenters. The van der Waals surface area contributed by atoms with Crippen LogP contribution in [0, 0.1) is 0 Å². The van der Waals surface area contributed by atoms with Gasteiger partial charge in [-0.1, -0.05) is 18.2 Å². The van der Waals surface area contributed by atoms with Gasteiger partial charge in [0.1, 0.15) is 0 Å². The molecule has 0 radical (unpaired) electrons. The lowest BCUT2D eigenvalue weighted by atomic mass is 9.98. The van der Waals surface area contributed by atoms with Crippen molar-refractivity contribution in [3.63, 3.8) is 0 Å². The van der Waals surface area contributed by atoms with Crippen LogP contribution in [0.5, 0.6) is 0 Å². The van der Waals surface area contributed by atoms with E-state index >= 15 is 0 Å². The highest BCUT2D eigenvalue weighted by atomic mass is 32.2. The first-order chi connectivity index (χ1) is 9.31. The highest BCUT2D eigenvalue weighted by Crippen LogP contribution is 2.33. The Kier molecular flexibility index (Phi) is 4.12. The predicted octanol–water partition coefficient (Wildman–Crippen LogP) is 3.21. The Balaban J connectivity index is 1.99. The first-order valence-corrected chi connectivity index (χ1v) is 8.76. The number of hydrogen-bond donors (Lipinski definition) is 1. The molecule has 0 amide bonds. The Bertz CT molecular complexity index is 552. The van der Waals surface area contributed by atoms with Crippen molar-refractivity contribution in [1.29, 1.82) is 0 Å². The third-order valence-electron chi connectivity index (χ3n) is 3.98. The second kappa shape index (κ2) is 5.83. The summed E-state index contributed by atoms with van der Waals surface area (Å²) in [7, 11) is 4.34. The fourth-order valence-corrected chi connectivity index (χ4v) is 5.10. The molecule has 3 rings (SSSR count). The lowest BCUT2D eigenvalue weighted by Gasteiger charge is -2.38. The van der Waals surface area contributed by atoms with Gasteiger partial charge in [0.25, 0.3) is 0 Å². The molecule has 1 aromatic heterocycles. The van der Waals surface area contributed by atoms with E-state index < -0.39 is 0 Å². The van der Waals surface area contributed by atoms with E-state index in [9.17, 15) is 0 Å². The zero-order chi connectivity index (χ0) is 13.2. The van der Waals surface area contributed by atoms with Crippen LogP contribution in [0.25, 0.3) is 10.1 Å². The SMILES string of the molecule is CNC(c1cccc2ccsc12)C1CSCCN1C. The summed E-state index contributed by atoms with van der Waals surface area (Å²) in [4.78, 5) is 2.50. The number of hydrogen-bond acceptors (Lipinski definition) is 4. The monoisotopic (exact) mass is 292 g/mol. The summed E-state index contributed by atoms with van der Waals surface area (Å²) in [6, 6.07) is 9.89. The van der Waals surface area contributed by atoms with Crippen LogP contribution in [0.3, 0.4) is 0 Å². The van der Waals surface area contributed by atoms with E-state index in [-0.39, 0.29) is 0 Å². The molecule has 1 aliphatic rings. The maximum absolute atomic E-state index is 3.55. The predicted molar refractivity (Wildman–Crippen MR) is 87.4 cm³/mol. The standard InChI is InChI=1S/C15H20N2S2/c1-16-14(13-10-18-9-7-17(13)2)12-5-3-4-11-6-8-19-15(11)12/h3-6,8,13-14,16H,7,9-10H2,1-2H3. The van der Waals surface area contributed by atoms with Crippen molar-refractivity contribution in [2.24, 2.45) is 0 Å². The minimum absolute atomic E-state index is 0.417. The Labute approximate surface area is 123 Å². The Morgan fingerprint density at radius 3 is 3.05 bits per heavy atom. The molecule has 1 aliphatic heterocycles. The quantitative estimate of drug-likeness (QED) is 0.935.